The van der Waals surface area contributed by atoms with E-state index in [4.69, 9.17) is 4.74 Å². The van der Waals surface area contributed by atoms with Gasteiger partial charge >= 0.3 is 0 Å². The minimum absolute atomic E-state index is 0.00199. The number of hydrogen-bond donors (Lipinski definition) is 0. The third-order valence-electron chi connectivity index (χ3n) is 3.51. The predicted octanol–water partition coefficient (Wildman–Crippen LogP) is 0.337. The Kier molecular flexibility index (Phi) is 2.38. The van der Waals surface area contributed by atoms with Crippen LogP contribution in [0.25, 0.3) is 0 Å². The molecule has 0 aliphatic carbocycles. The Morgan fingerprint density at radius 1 is 1.22 bits per heavy atom. The van der Waals surface area contributed by atoms with Gasteiger partial charge < -0.3 is 4.74 Å². The van der Waals surface area contributed by atoms with E-state index in [1.165, 1.54) is 4.31 Å². The Hall–Kier alpha value is -1.24. The van der Waals surface area contributed by atoms with E-state index in [1.807, 2.05) is 6.92 Å². The number of ketones is 1. The molecule has 0 unspecified atom stereocenters. The first-order valence-electron chi connectivity index (χ1n) is 5.68. The van der Waals surface area contributed by atoms with Gasteiger partial charge in [0.05, 0.1) is 18.0 Å². The van der Waals surface area contributed by atoms with Gasteiger partial charge in [-0.2, -0.15) is 4.31 Å². The zero-order valence-corrected chi connectivity index (χ0v) is 10.7. The first kappa shape index (κ1) is 11.8. The number of Topliss-reactive ketones (excluding diaryl/α,β-unsaturated/α-hetero) is 1. The van der Waals surface area contributed by atoms with Gasteiger partial charge in [-0.3, -0.25) is 4.79 Å². The van der Waals surface area contributed by atoms with E-state index in [1.54, 1.807) is 24.3 Å². The summed E-state index contributed by atoms with van der Waals surface area (Å²) in [5.74, 6) is -0.00199. The molecular weight excluding hydrogens is 254 g/mol. The maximum atomic E-state index is 12.2. The lowest BCUT2D eigenvalue weighted by atomic mass is 9.87. The maximum Gasteiger partial charge on any atom is 0.243 e. The van der Waals surface area contributed by atoms with Gasteiger partial charge in [-0.05, 0) is 19.1 Å². The van der Waals surface area contributed by atoms with Crippen LogP contribution in [0.3, 0.4) is 0 Å². The van der Waals surface area contributed by atoms with Crippen molar-refractivity contribution in [3.63, 3.8) is 0 Å². The first-order valence-corrected chi connectivity index (χ1v) is 7.12. The van der Waals surface area contributed by atoms with Crippen LogP contribution in [-0.4, -0.2) is 43.8 Å². The monoisotopic (exact) mass is 267 g/mol. The van der Waals surface area contributed by atoms with Crippen LogP contribution in [0.15, 0.2) is 29.2 Å². The Balaban J connectivity index is 1.81. The van der Waals surface area contributed by atoms with Crippen LogP contribution < -0.4 is 0 Å². The van der Waals surface area contributed by atoms with Crippen molar-refractivity contribution in [3.8, 4) is 0 Å². The molecule has 5 nitrogen and oxygen atoms in total. The lowest BCUT2D eigenvalue weighted by Gasteiger charge is -2.52. The number of carbonyl (C=O) groups is 1. The maximum absolute atomic E-state index is 12.2. The highest BCUT2D eigenvalue weighted by Crippen LogP contribution is 2.36. The lowest BCUT2D eigenvalue weighted by molar-refractivity contribution is -0.200. The molecule has 2 saturated heterocycles. The van der Waals surface area contributed by atoms with Gasteiger partial charge in [0.2, 0.25) is 10.0 Å². The van der Waals surface area contributed by atoms with Crippen molar-refractivity contribution in [2.24, 2.45) is 0 Å². The molecule has 2 fully saturated rings. The normalized spacial score (nSPS) is 22.6. The number of rotatable bonds is 2. The Morgan fingerprint density at radius 2 is 1.83 bits per heavy atom. The first-order chi connectivity index (χ1) is 8.44. The molecule has 0 saturated carbocycles. The summed E-state index contributed by atoms with van der Waals surface area (Å²) in [5.41, 5.74) is 0.171. The zero-order chi connectivity index (χ0) is 13.0. The highest BCUT2D eigenvalue weighted by molar-refractivity contribution is 7.89. The summed E-state index contributed by atoms with van der Waals surface area (Å²) < 4.78 is 30.9. The standard InChI is InChI=1S/C12H13NO4S/c1-9-2-4-10(5-3-9)18(15,16)13-7-12(8-13)11(14)6-17-12/h2-5H,6-8H2,1H3. The molecule has 0 N–H and O–H groups in total. The third-order valence-corrected chi connectivity index (χ3v) is 5.32. The van der Waals surface area contributed by atoms with E-state index in [0.717, 1.165) is 5.56 Å². The third kappa shape index (κ3) is 1.53. The molecule has 0 radical (unpaired) electrons. The Labute approximate surface area is 105 Å². The number of sulfonamides is 1. The largest absolute Gasteiger partial charge is 0.356 e. The smallest absolute Gasteiger partial charge is 0.243 e. The van der Waals surface area contributed by atoms with Gasteiger partial charge in [0.25, 0.3) is 0 Å². The van der Waals surface area contributed by atoms with Gasteiger partial charge in [-0.25, -0.2) is 8.42 Å². The summed E-state index contributed by atoms with van der Waals surface area (Å²) in [7, 11) is -3.49. The summed E-state index contributed by atoms with van der Waals surface area (Å²) in [5, 5.41) is 0. The van der Waals surface area contributed by atoms with Crippen molar-refractivity contribution >= 4 is 15.8 Å². The fourth-order valence-electron chi connectivity index (χ4n) is 2.16. The molecule has 2 heterocycles. The summed E-state index contributed by atoms with van der Waals surface area (Å²) >= 11 is 0. The van der Waals surface area contributed by atoms with Crippen LogP contribution in [0.4, 0.5) is 0 Å². The van der Waals surface area contributed by atoms with Crippen LogP contribution >= 0.6 is 0 Å². The van der Waals surface area contributed by atoms with Gasteiger partial charge in [0.1, 0.15) is 6.61 Å². The lowest BCUT2D eigenvalue weighted by Crippen LogP contribution is -2.74. The molecular formula is C12H13NO4S. The molecule has 2 aliphatic rings. The molecule has 1 spiro atoms. The van der Waals surface area contributed by atoms with Crippen LogP contribution in [0.2, 0.25) is 0 Å². The summed E-state index contributed by atoms with van der Waals surface area (Å²) in [4.78, 5) is 11.6. The highest BCUT2D eigenvalue weighted by Gasteiger charge is 2.59. The van der Waals surface area contributed by atoms with E-state index in [2.05, 4.69) is 0 Å². The number of carbonyl (C=O) groups excluding carboxylic acids is 1. The molecule has 1 aromatic carbocycles. The molecule has 18 heavy (non-hydrogen) atoms. The highest BCUT2D eigenvalue weighted by atomic mass is 32.2. The Morgan fingerprint density at radius 3 is 2.28 bits per heavy atom. The second kappa shape index (κ2) is 3.63. The molecule has 0 atom stereocenters. The SMILES string of the molecule is Cc1ccc(S(=O)(=O)N2CC3(C2)OCC3=O)cc1. The summed E-state index contributed by atoms with van der Waals surface area (Å²) in [6.45, 7) is 2.29. The van der Waals surface area contributed by atoms with Gasteiger partial charge in [-0.15, -0.1) is 0 Å². The number of nitrogens with zero attached hydrogens (tertiary/aromatic N) is 1. The van der Waals surface area contributed by atoms with Crippen LogP contribution in [0.1, 0.15) is 5.56 Å². The minimum Gasteiger partial charge on any atom is -0.356 e. The second-order valence-corrected chi connectivity index (χ2v) is 6.73. The van der Waals surface area contributed by atoms with E-state index in [0.29, 0.717) is 0 Å². The van der Waals surface area contributed by atoms with Crippen LogP contribution in [0, 0.1) is 6.92 Å². The minimum atomic E-state index is -3.49. The fourth-order valence-corrected chi connectivity index (χ4v) is 3.69. The van der Waals surface area contributed by atoms with Gasteiger partial charge in [0, 0.05) is 0 Å². The Bertz CT molecular complexity index is 599. The van der Waals surface area contributed by atoms with Crippen molar-refractivity contribution in [1.82, 2.24) is 4.31 Å². The quantitative estimate of drug-likeness (QED) is 0.775. The van der Waals surface area contributed by atoms with Gasteiger partial charge in [0.15, 0.2) is 11.4 Å². The van der Waals surface area contributed by atoms with Crippen molar-refractivity contribution in [3.05, 3.63) is 29.8 Å². The molecule has 96 valence electrons. The van der Waals surface area contributed by atoms with Crippen LogP contribution in [-0.2, 0) is 19.6 Å². The zero-order valence-electron chi connectivity index (χ0n) is 9.92. The van der Waals surface area contributed by atoms with Gasteiger partial charge in [-0.1, -0.05) is 17.7 Å². The fraction of sp³-hybridized carbons (Fsp3) is 0.417. The van der Waals surface area contributed by atoms with Crippen molar-refractivity contribution in [2.45, 2.75) is 17.4 Å². The predicted molar refractivity (Wildman–Crippen MR) is 63.6 cm³/mol. The molecule has 3 rings (SSSR count). The van der Waals surface area contributed by atoms with E-state index >= 15 is 0 Å². The average Bonchev–Trinajstić information content (AvgIpc) is 2.25. The number of aryl methyl sites for hydroxylation is 1. The van der Waals surface area contributed by atoms with E-state index in [9.17, 15) is 13.2 Å². The number of ether oxygens (including phenoxy) is 1. The van der Waals surface area contributed by atoms with Crippen LogP contribution in [0.5, 0.6) is 0 Å². The second-order valence-electron chi connectivity index (χ2n) is 4.79. The number of benzene rings is 1. The molecule has 0 bridgehead atoms. The number of hydrogen-bond acceptors (Lipinski definition) is 4. The average molecular weight is 267 g/mol. The molecule has 0 amide bonds. The molecule has 2 aliphatic heterocycles. The topological polar surface area (TPSA) is 63.7 Å². The van der Waals surface area contributed by atoms with E-state index < -0.39 is 15.6 Å². The summed E-state index contributed by atoms with van der Waals surface area (Å²) in [6.07, 6.45) is 0. The molecule has 1 aromatic rings. The van der Waals surface area contributed by atoms with Crippen molar-refractivity contribution < 1.29 is 17.9 Å². The molecule has 0 aromatic heterocycles. The summed E-state index contributed by atoms with van der Waals surface area (Å²) in [6, 6.07) is 6.68. The van der Waals surface area contributed by atoms with Crippen molar-refractivity contribution in [2.75, 3.05) is 19.7 Å². The molecule has 6 heteroatoms. The van der Waals surface area contributed by atoms with E-state index in [-0.39, 0.29) is 30.4 Å². The van der Waals surface area contributed by atoms with Crippen molar-refractivity contribution in [1.29, 1.82) is 0 Å².